The number of benzene rings is 1. The predicted molar refractivity (Wildman–Crippen MR) is 81.2 cm³/mol. The molecule has 0 bridgehead atoms. The highest BCUT2D eigenvalue weighted by Gasteiger charge is 2.22. The Labute approximate surface area is 121 Å². The smallest absolute Gasteiger partial charge is 0.141 e. The van der Waals surface area contributed by atoms with Gasteiger partial charge in [-0.15, -0.1) is 0 Å². The Hall–Kier alpha value is -0.600. The Morgan fingerprint density at radius 1 is 1.37 bits per heavy atom. The van der Waals surface area contributed by atoms with Crippen LogP contribution in [0, 0.1) is 17.2 Å². The third kappa shape index (κ3) is 5.50. The average molecular weight is 286 g/mol. The van der Waals surface area contributed by atoms with E-state index in [1.165, 1.54) is 6.07 Å². The molecule has 0 aliphatic heterocycles. The first-order chi connectivity index (χ1) is 8.86. The van der Waals surface area contributed by atoms with Crippen LogP contribution < -0.4 is 5.32 Å². The number of rotatable bonds is 7. The molecule has 3 heteroatoms. The quantitative estimate of drug-likeness (QED) is 0.767. The largest absolute Gasteiger partial charge is 0.316 e. The van der Waals surface area contributed by atoms with Gasteiger partial charge in [-0.05, 0) is 48.4 Å². The zero-order valence-electron chi connectivity index (χ0n) is 12.4. The molecule has 0 radical (unpaired) electrons. The molecule has 19 heavy (non-hydrogen) atoms. The van der Waals surface area contributed by atoms with Crippen LogP contribution in [0.1, 0.15) is 39.7 Å². The summed E-state index contributed by atoms with van der Waals surface area (Å²) in [6, 6.07) is 5.03. The van der Waals surface area contributed by atoms with Crippen molar-refractivity contribution in [2.45, 2.75) is 40.5 Å². The topological polar surface area (TPSA) is 12.0 Å². The third-order valence-electron chi connectivity index (χ3n) is 3.57. The molecule has 0 saturated carbocycles. The van der Waals surface area contributed by atoms with Gasteiger partial charge in [0.25, 0.3) is 0 Å². The van der Waals surface area contributed by atoms with E-state index in [2.05, 4.69) is 33.0 Å². The van der Waals surface area contributed by atoms with E-state index in [0.29, 0.717) is 5.92 Å². The summed E-state index contributed by atoms with van der Waals surface area (Å²) in [6.07, 6.45) is 1.99. The third-order valence-corrected chi connectivity index (χ3v) is 3.86. The number of hydrogen-bond donors (Lipinski definition) is 1. The molecule has 0 aliphatic carbocycles. The van der Waals surface area contributed by atoms with E-state index in [9.17, 15) is 4.39 Å². The van der Waals surface area contributed by atoms with Crippen LogP contribution in [0.3, 0.4) is 0 Å². The predicted octanol–water partition coefficient (Wildman–Crippen LogP) is 4.68. The maximum atomic E-state index is 13.2. The minimum absolute atomic E-state index is 0.177. The van der Waals surface area contributed by atoms with E-state index < -0.39 is 0 Å². The lowest BCUT2D eigenvalue weighted by molar-refractivity contribution is 0.285. The molecule has 0 amide bonds. The van der Waals surface area contributed by atoms with Crippen molar-refractivity contribution < 1.29 is 4.39 Å². The van der Waals surface area contributed by atoms with Crippen LogP contribution in [0.5, 0.6) is 0 Å². The Morgan fingerprint density at radius 3 is 2.58 bits per heavy atom. The Morgan fingerprint density at radius 2 is 2.05 bits per heavy atom. The molecule has 1 nitrogen and oxygen atoms in total. The summed E-state index contributed by atoms with van der Waals surface area (Å²) < 4.78 is 13.2. The lowest BCUT2D eigenvalue weighted by Gasteiger charge is -2.29. The number of halogens is 2. The van der Waals surface area contributed by atoms with Crippen LogP contribution in [0.2, 0.25) is 5.02 Å². The van der Waals surface area contributed by atoms with Crippen molar-refractivity contribution in [3.63, 3.8) is 0 Å². The van der Waals surface area contributed by atoms with Crippen molar-refractivity contribution in [1.29, 1.82) is 0 Å². The van der Waals surface area contributed by atoms with Crippen molar-refractivity contribution >= 4 is 11.6 Å². The van der Waals surface area contributed by atoms with Crippen LogP contribution >= 0.6 is 11.6 Å². The highest BCUT2D eigenvalue weighted by atomic mass is 35.5. The molecule has 1 aromatic rings. The first-order valence-electron chi connectivity index (χ1n) is 7.01. The molecule has 0 aromatic heterocycles. The molecule has 1 atom stereocenters. The van der Waals surface area contributed by atoms with Gasteiger partial charge in [0.2, 0.25) is 0 Å². The van der Waals surface area contributed by atoms with Crippen molar-refractivity contribution in [2.24, 2.45) is 11.3 Å². The Kier molecular flexibility index (Phi) is 6.28. The molecule has 0 fully saturated rings. The maximum Gasteiger partial charge on any atom is 0.141 e. The molecular weight excluding hydrogens is 261 g/mol. The molecule has 0 aliphatic rings. The molecule has 1 unspecified atom stereocenters. The Bertz CT molecular complexity index is 406. The SMILES string of the molecule is CCC(C)(CNCC(C)C)Cc1ccc(F)c(Cl)c1. The molecule has 1 N–H and O–H groups in total. The van der Waals surface area contributed by atoms with Crippen LogP contribution in [0.15, 0.2) is 18.2 Å². The van der Waals surface area contributed by atoms with E-state index in [-0.39, 0.29) is 16.3 Å². The highest BCUT2D eigenvalue weighted by molar-refractivity contribution is 6.30. The molecule has 0 heterocycles. The first kappa shape index (κ1) is 16.5. The zero-order chi connectivity index (χ0) is 14.5. The lowest BCUT2D eigenvalue weighted by atomic mass is 9.81. The van der Waals surface area contributed by atoms with Crippen molar-refractivity contribution in [2.75, 3.05) is 13.1 Å². The van der Waals surface area contributed by atoms with Gasteiger partial charge in [0, 0.05) is 6.54 Å². The van der Waals surface area contributed by atoms with Gasteiger partial charge in [0.15, 0.2) is 0 Å². The van der Waals surface area contributed by atoms with Crippen LogP contribution in [-0.2, 0) is 6.42 Å². The molecule has 1 aromatic carbocycles. The first-order valence-corrected chi connectivity index (χ1v) is 7.39. The standard InChI is InChI=1S/C16H25ClFN/c1-5-16(4,11-19-10-12(2)3)9-13-6-7-15(18)14(17)8-13/h6-8,12,19H,5,9-11H2,1-4H3. The van der Waals surface area contributed by atoms with E-state index in [1.54, 1.807) is 6.07 Å². The van der Waals surface area contributed by atoms with Crippen molar-refractivity contribution in [1.82, 2.24) is 5.32 Å². The minimum Gasteiger partial charge on any atom is -0.316 e. The van der Waals surface area contributed by atoms with E-state index >= 15 is 0 Å². The molecular formula is C16H25ClFN. The van der Waals surface area contributed by atoms with Gasteiger partial charge in [-0.2, -0.15) is 0 Å². The van der Waals surface area contributed by atoms with Gasteiger partial charge in [-0.1, -0.05) is 45.4 Å². The summed E-state index contributed by atoms with van der Waals surface area (Å²) in [5, 5.41) is 3.73. The molecule has 108 valence electrons. The molecule has 0 saturated heterocycles. The van der Waals surface area contributed by atoms with Crippen LogP contribution in [-0.4, -0.2) is 13.1 Å². The zero-order valence-corrected chi connectivity index (χ0v) is 13.1. The van der Waals surface area contributed by atoms with E-state index in [0.717, 1.165) is 31.5 Å². The van der Waals surface area contributed by atoms with Gasteiger partial charge in [-0.3, -0.25) is 0 Å². The minimum atomic E-state index is -0.346. The van der Waals surface area contributed by atoms with Gasteiger partial charge in [0.05, 0.1) is 5.02 Å². The second-order valence-corrected chi connectivity index (χ2v) is 6.52. The highest BCUT2D eigenvalue weighted by Crippen LogP contribution is 2.27. The Balaban J connectivity index is 2.65. The second-order valence-electron chi connectivity index (χ2n) is 6.11. The average Bonchev–Trinajstić information content (AvgIpc) is 2.33. The van der Waals surface area contributed by atoms with Gasteiger partial charge in [-0.25, -0.2) is 4.39 Å². The monoisotopic (exact) mass is 285 g/mol. The maximum absolute atomic E-state index is 13.2. The number of hydrogen-bond acceptors (Lipinski definition) is 1. The normalized spacial score (nSPS) is 14.7. The fourth-order valence-corrected chi connectivity index (χ4v) is 2.32. The lowest BCUT2D eigenvalue weighted by Crippen LogP contribution is -2.35. The van der Waals surface area contributed by atoms with E-state index in [4.69, 9.17) is 11.6 Å². The van der Waals surface area contributed by atoms with E-state index in [1.807, 2.05) is 6.07 Å². The van der Waals surface area contributed by atoms with Gasteiger partial charge in [0.1, 0.15) is 5.82 Å². The summed E-state index contributed by atoms with van der Waals surface area (Å²) in [7, 11) is 0. The fraction of sp³-hybridized carbons (Fsp3) is 0.625. The van der Waals surface area contributed by atoms with Gasteiger partial charge < -0.3 is 5.32 Å². The van der Waals surface area contributed by atoms with Crippen LogP contribution in [0.25, 0.3) is 0 Å². The summed E-state index contributed by atoms with van der Waals surface area (Å²) >= 11 is 5.84. The van der Waals surface area contributed by atoms with Crippen molar-refractivity contribution in [3.8, 4) is 0 Å². The van der Waals surface area contributed by atoms with Gasteiger partial charge >= 0.3 is 0 Å². The summed E-state index contributed by atoms with van der Waals surface area (Å²) in [5.41, 5.74) is 1.28. The van der Waals surface area contributed by atoms with Crippen molar-refractivity contribution in [3.05, 3.63) is 34.6 Å². The molecule has 1 rings (SSSR count). The van der Waals surface area contributed by atoms with Crippen LogP contribution in [0.4, 0.5) is 4.39 Å². The summed E-state index contributed by atoms with van der Waals surface area (Å²) in [6.45, 7) is 10.9. The summed E-state index contributed by atoms with van der Waals surface area (Å²) in [4.78, 5) is 0. The summed E-state index contributed by atoms with van der Waals surface area (Å²) in [5.74, 6) is 0.308. The second kappa shape index (κ2) is 7.25. The molecule has 0 spiro atoms. The number of nitrogens with one attached hydrogen (secondary N) is 1. The fourth-order valence-electron chi connectivity index (χ4n) is 2.12.